The molecule has 3 heteroatoms. The fraction of sp³-hybridized carbons (Fsp3) is 0.562. The van der Waals surface area contributed by atoms with Crippen LogP contribution in [0.3, 0.4) is 0 Å². The van der Waals surface area contributed by atoms with Crippen LogP contribution >= 0.6 is 0 Å². The van der Waals surface area contributed by atoms with Crippen molar-refractivity contribution in [2.75, 3.05) is 0 Å². The standard InChI is InChI=1S/C16H25N3/c17-19-16(9-8-14-10-12-18-13-11-14)15-6-4-2-1-3-5-7-15/h6,10-13,16,19H,1-5,7-9,17H2/b15-6+. The van der Waals surface area contributed by atoms with Gasteiger partial charge in [0.2, 0.25) is 0 Å². The van der Waals surface area contributed by atoms with Gasteiger partial charge in [-0.05, 0) is 56.2 Å². The summed E-state index contributed by atoms with van der Waals surface area (Å²) in [5.41, 5.74) is 5.85. The molecule has 1 aliphatic rings. The Morgan fingerprint density at radius 3 is 2.74 bits per heavy atom. The van der Waals surface area contributed by atoms with Crippen LogP contribution in [0.2, 0.25) is 0 Å². The Morgan fingerprint density at radius 2 is 1.95 bits per heavy atom. The van der Waals surface area contributed by atoms with Crippen molar-refractivity contribution in [1.29, 1.82) is 0 Å². The summed E-state index contributed by atoms with van der Waals surface area (Å²) in [4.78, 5) is 4.05. The van der Waals surface area contributed by atoms with E-state index < -0.39 is 0 Å². The van der Waals surface area contributed by atoms with Crippen molar-refractivity contribution in [3.05, 3.63) is 41.7 Å². The molecule has 0 saturated carbocycles. The Hall–Kier alpha value is -1.19. The zero-order valence-corrected chi connectivity index (χ0v) is 11.6. The monoisotopic (exact) mass is 259 g/mol. The Bertz CT molecular complexity index is 386. The molecule has 104 valence electrons. The Labute approximate surface area is 116 Å². The SMILES string of the molecule is NNC(CCc1ccncc1)/C1=C/CCCCCC1. The molecule has 1 unspecified atom stereocenters. The molecule has 1 aromatic heterocycles. The van der Waals surface area contributed by atoms with Crippen LogP contribution in [-0.4, -0.2) is 11.0 Å². The van der Waals surface area contributed by atoms with E-state index in [9.17, 15) is 0 Å². The second-order valence-electron chi connectivity index (χ2n) is 5.35. The summed E-state index contributed by atoms with van der Waals surface area (Å²) in [5, 5.41) is 0. The third-order valence-electron chi connectivity index (χ3n) is 3.95. The first kappa shape index (κ1) is 14.2. The van der Waals surface area contributed by atoms with Crippen molar-refractivity contribution in [1.82, 2.24) is 10.4 Å². The second-order valence-corrected chi connectivity index (χ2v) is 5.35. The van der Waals surface area contributed by atoms with E-state index >= 15 is 0 Å². The first-order valence-corrected chi connectivity index (χ1v) is 7.44. The van der Waals surface area contributed by atoms with Crippen LogP contribution in [0, 0.1) is 0 Å². The predicted molar refractivity (Wildman–Crippen MR) is 79.5 cm³/mol. The molecular weight excluding hydrogens is 234 g/mol. The molecule has 0 amide bonds. The van der Waals surface area contributed by atoms with Crippen molar-refractivity contribution < 1.29 is 0 Å². The molecule has 3 nitrogen and oxygen atoms in total. The quantitative estimate of drug-likeness (QED) is 0.485. The molecule has 19 heavy (non-hydrogen) atoms. The molecule has 1 heterocycles. The van der Waals surface area contributed by atoms with Gasteiger partial charge >= 0.3 is 0 Å². The largest absolute Gasteiger partial charge is 0.271 e. The van der Waals surface area contributed by atoms with Gasteiger partial charge in [-0.3, -0.25) is 16.3 Å². The molecule has 0 aliphatic heterocycles. The van der Waals surface area contributed by atoms with Crippen molar-refractivity contribution in [2.45, 2.75) is 57.4 Å². The van der Waals surface area contributed by atoms with Gasteiger partial charge in [-0.25, -0.2) is 0 Å². The summed E-state index contributed by atoms with van der Waals surface area (Å²) < 4.78 is 0. The molecule has 0 spiro atoms. The van der Waals surface area contributed by atoms with Gasteiger partial charge in [-0.1, -0.05) is 24.5 Å². The maximum absolute atomic E-state index is 5.75. The fourth-order valence-corrected chi connectivity index (χ4v) is 2.77. The van der Waals surface area contributed by atoms with Gasteiger partial charge in [0.15, 0.2) is 0 Å². The van der Waals surface area contributed by atoms with Gasteiger partial charge in [-0.2, -0.15) is 0 Å². The zero-order valence-electron chi connectivity index (χ0n) is 11.6. The average Bonchev–Trinajstić information content (AvgIpc) is 2.42. The van der Waals surface area contributed by atoms with E-state index in [1.165, 1.54) is 49.7 Å². The lowest BCUT2D eigenvalue weighted by molar-refractivity contribution is 0.513. The van der Waals surface area contributed by atoms with Crippen LogP contribution in [0.1, 0.15) is 50.5 Å². The van der Waals surface area contributed by atoms with Gasteiger partial charge < -0.3 is 0 Å². The highest BCUT2D eigenvalue weighted by Gasteiger charge is 2.13. The number of nitrogens with two attached hydrogens (primary N) is 1. The molecule has 1 aromatic rings. The highest BCUT2D eigenvalue weighted by molar-refractivity contribution is 5.15. The van der Waals surface area contributed by atoms with E-state index in [0.29, 0.717) is 6.04 Å². The van der Waals surface area contributed by atoms with Crippen LogP contribution < -0.4 is 11.3 Å². The van der Waals surface area contributed by atoms with Gasteiger partial charge in [0.1, 0.15) is 0 Å². The number of nitrogens with one attached hydrogen (secondary N) is 1. The third-order valence-corrected chi connectivity index (χ3v) is 3.95. The van der Waals surface area contributed by atoms with E-state index in [0.717, 1.165) is 12.8 Å². The van der Waals surface area contributed by atoms with E-state index in [1.807, 2.05) is 12.4 Å². The lowest BCUT2D eigenvalue weighted by Gasteiger charge is -2.21. The molecule has 3 N–H and O–H groups in total. The highest BCUT2D eigenvalue weighted by atomic mass is 15.2. The molecule has 1 aliphatic carbocycles. The van der Waals surface area contributed by atoms with Gasteiger partial charge in [0.25, 0.3) is 0 Å². The Morgan fingerprint density at radius 1 is 1.16 bits per heavy atom. The second kappa shape index (κ2) is 8.08. The number of nitrogens with zero attached hydrogens (tertiary/aromatic N) is 1. The minimum Gasteiger partial charge on any atom is -0.271 e. The molecule has 0 bridgehead atoms. The minimum atomic E-state index is 0.325. The molecule has 0 saturated heterocycles. The molecule has 0 radical (unpaired) electrons. The number of hydrogen-bond acceptors (Lipinski definition) is 3. The number of aryl methyl sites for hydroxylation is 1. The first-order valence-electron chi connectivity index (χ1n) is 7.44. The van der Waals surface area contributed by atoms with Crippen LogP contribution in [0.25, 0.3) is 0 Å². The van der Waals surface area contributed by atoms with Crippen LogP contribution in [-0.2, 0) is 6.42 Å². The summed E-state index contributed by atoms with van der Waals surface area (Å²) in [6.07, 6.45) is 16.0. The lowest BCUT2D eigenvalue weighted by atomic mass is 9.92. The van der Waals surface area contributed by atoms with Gasteiger partial charge in [0.05, 0.1) is 0 Å². The fourth-order valence-electron chi connectivity index (χ4n) is 2.77. The van der Waals surface area contributed by atoms with Crippen LogP contribution in [0.5, 0.6) is 0 Å². The van der Waals surface area contributed by atoms with Crippen molar-refractivity contribution in [3.8, 4) is 0 Å². The smallest absolute Gasteiger partial charge is 0.0422 e. The van der Waals surface area contributed by atoms with Crippen molar-refractivity contribution >= 4 is 0 Å². The first-order chi connectivity index (χ1) is 9.40. The predicted octanol–water partition coefficient (Wildman–Crippen LogP) is 3.13. The van der Waals surface area contributed by atoms with Crippen LogP contribution in [0.4, 0.5) is 0 Å². The van der Waals surface area contributed by atoms with Crippen LogP contribution in [0.15, 0.2) is 36.2 Å². The maximum atomic E-state index is 5.75. The lowest BCUT2D eigenvalue weighted by Crippen LogP contribution is -2.37. The third kappa shape index (κ3) is 4.77. The summed E-state index contributed by atoms with van der Waals surface area (Å²) in [6.45, 7) is 0. The normalized spacial score (nSPS) is 21.0. The number of allylic oxidation sites excluding steroid dienone is 1. The summed E-state index contributed by atoms with van der Waals surface area (Å²) in [5.74, 6) is 5.75. The average molecular weight is 259 g/mol. The Balaban J connectivity index is 1.91. The number of hydrazine groups is 1. The molecule has 1 atom stereocenters. The minimum absolute atomic E-state index is 0.325. The summed E-state index contributed by atoms with van der Waals surface area (Å²) in [7, 11) is 0. The Kier molecular flexibility index (Phi) is 6.05. The van der Waals surface area contributed by atoms with Gasteiger partial charge in [0, 0.05) is 18.4 Å². The summed E-state index contributed by atoms with van der Waals surface area (Å²) >= 11 is 0. The molecular formula is C16H25N3. The summed E-state index contributed by atoms with van der Waals surface area (Å²) in [6, 6.07) is 4.49. The maximum Gasteiger partial charge on any atom is 0.0422 e. The van der Waals surface area contributed by atoms with Crippen molar-refractivity contribution in [2.24, 2.45) is 5.84 Å². The topological polar surface area (TPSA) is 50.9 Å². The van der Waals surface area contributed by atoms with E-state index in [-0.39, 0.29) is 0 Å². The number of pyridine rings is 1. The molecule has 0 aromatic carbocycles. The molecule has 0 fully saturated rings. The number of aromatic nitrogens is 1. The molecule has 2 rings (SSSR count). The van der Waals surface area contributed by atoms with E-state index in [2.05, 4.69) is 28.6 Å². The number of rotatable bonds is 5. The highest BCUT2D eigenvalue weighted by Crippen LogP contribution is 2.21. The zero-order chi connectivity index (χ0) is 13.3. The van der Waals surface area contributed by atoms with E-state index in [1.54, 1.807) is 0 Å². The van der Waals surface area contributed by atoms with E-state index in [4.69, 9.17) is 5.84 Å². The van der Waals surface area contributed by atoms with Crippen molar-refractivity contribution in [3.63, 3.8) is 0 Å². The van der Waals surface area contributed by atoms with Gasteiger partial charge in [-0.15, -0.1) is 0 Å². The number of hydrogen-bond donors (Lipinski definition) is 2.